The first-order chi connectivity index (χ1) is 8.58. The van der Waals surface area contributed by atoms with Gasteiger partial charge in [0.05, 0.1) is 0 Å². The Morgan fingerprint density at radius 2 is 1.78 bits per heavy atom. The molecule has 0 aliphatic carbocycles. The molecule has 0 heterocycles. The number of rotatable bonds is 7. The third-order valence-electron chi connectivity index (χ3n) is 2.26. The van der Waals surface area contributed by atoms with Crippen molar-refractivity contribution in [2.24, 2.45) is 0 Å². The Hall–Kier alpha value is -1.33. The van der Waals surface area contributed by atoms with Crippen LogP contribution in [0.15, 0.2) is 18.2 Å². The van der Waals surface area contributed by atoms with Crippen molar-refractivity contribution in [2.75, 3.05) is 13.2 Å². The van der Waals surface area contributed by atoms with Crippen LogP contribution in [0.1, 0.15) is 19.4 Å². The number of carbonyl (C=O) groups is 1. The molecule has 100 valence electrons. The monoisotopic (exact) mass is 258 g/mol. The molecule has 0 amide bonds. The minimum atomic E-state index is -0.968. The van der Waals surface area contributed by atoms with Crippen molar-refractivity contribution < 1.29 is 23.0 Å². The molecule has 0 aliphatic heterocycles. The SMILES string of the molecule is CCOC(OCC)C(=O)Cc1ccc(F)c(F)c1. The molecule has 0 N–H and O–H groups in total. The summed E-state index contributed by atoms with van der Waals surface area (Å²) in [5.74, 6) is -2.22. The van der Waals surface area contributed by atoms with Crippen molar-refractivity contribution in [3.8, 4) is 0 Å². The van der Waals surface area contributed by atoms with Crippen LogP contribution in [0.2, 0.25) is 0 Å². The summed E-state index contributed by atoms with van der Waals surface area (Å²) < 4.78 is 36.0. The molecule has 1 rings (SSSR count). The van der Waals surface area contributed by atoms with E-state index >= 15 is 0 Å². The van der Waals surface area contributed by atoms with E-state index in [1.807, 2.05) is 0 Å². The predicted molar refractivity (Wildman–Crippen MR) is 62.1 cm³/mol. The quantitative estimate of drug-likeness (QED) is 0.705. The van der Waals surface area contributed by atoms with Crippen LogP contribution in [0.4, 0.5) is 8.78 Å². The maximum absolute atomic E-state index is 13.0. The van der Waals surface area contributed by atoms with Gasteiger partial charge in [0.1, 0.15) is 0 Å². The molecular formula is C13H16F2O3. The molecule has 1 aromatic carbocycles. The number of benzene rings is 1. The van der Waals surface area contributed by atoms with Crippen LogP contribution in [-0.4, -0.2) is 25.3 Å². The number of hydrogen-bond acceptors (Lipinski definition) is 3. The number of hydrogen-bond donors (Lipinski definition) is 0. The highest BCUT2D eigenvalue weighted by atomic mass is 19.2. The Kier molecular flexibility index (Phi) is 5.88. The van der Waals surface area contributed by atoms with Gasteiger partial charge < -0.3 is 9.47 Å². The maximum atomic E-state index is 13.0. The van der Waals surface area contributed by atoms with E-state index in [0.717, 1.165) is 12.1 Å². The van der Waals surface area contributed by atoms with Gasteiger partial charge in [-0.3, -0.25) is 4.79 Å². The Balaban J connectivity index is 2.69. The van der Waals surface area contributed by atoms with E-state index in [4.69, 9.17) is 9.47 Å². The Morgan fingerprint density at radius 1 is 1.17 bits per heavy atom. The molecule has 0 spiro atoms. The molecule has 0 aliphatic rings. The smallest absolute Gasteiger partial charge is 0.218 e. The normalized spacial score (nSPS) is 10.9. The van der Waals surface area contributed by atoms with Gasteiger partial charge in [0.2, 0.25) is 6.29 Å². The first-order valence-corrected chi connectivity index (χ1v) is 5.78. The lowest BCUT2D eigenvalue weighted by molar-refractivity contribution is -0.167. The molecule has 1 aromatic rings. The van der Waals surface area contributed by atoms with Gasteiger partial charge in [-0.1, -0.05) is 6.07 Å². The molecule has 5 heteroatoms. The van der Waals surface area contributed by atoms with Crippen LogP contribution in [0, 0.1) is 11.6 Å². The van der Waals surface area contributed by atoms with Gasteiger partial charge in [0, 0.05) is 19.6 Å². The van der Waals surface area contributed by atoms with Crippen molar-refractivity contribution in [1.82, 2.24) is 0 Å². The average Bonchev–Trinajstić information content (AvgIpc) is 2.33. The molecule has 0 unspecified atom stereocenters. The number of ether oxygens (including phenoxy) is 2. The second kappa shape index (κ2) is 7.18. The summed E-state index contributed by atoms with van der Waals surface area (Å²) in [5, 5.41) is 0. The van der Waals surface area contributed by atoms with Gasteiger partial charge in [-0.05, 0) is 31.5 Å². The van der Waals surface area contributed by atoms with E-state index in [0.29, 0.717) is 18.8 Å². The Morgan fingerprint density at radius 3 is 2.28 bits per heavy atom. The second-order valence-electron chi connectivity index (χ2n) is 3.63. The Labute approximate surface area is 105 Å². The van der Waals surface area contributed by atoms with Crippen LogP contribution in [0.5, 0.6) is 0 Å². The largest absolute Gasteiger partial charge is 0.346 e. The lowest BCUT2D eigenvalue weighted by Crippen LogP contribution is -2.29. The molecule has 0 saturated heterocycles. The summed E-state index contributed by atoms with van der Waals surface area (Å²) in [6.07, 6.45) is -1.00. The van der Waals surface area contributed by atoms with Crippen LogP contribution < -0.4 is 0 Å². The standard InChI is InChI=1S/C13H16F2O3/c1-3-17-13(18-4-2)12(16)8-9-5-6-10(14)11(15)7-9/h5-7,13H,3-4,8H2,1-2H3. The summed E-state index contributed by atoms with van der Waals surface area (Å²) in [4.78, 5) is 11.8. The summed E-state index contributed by atoms with van der Waals surface area (Å²) >= 11 is 0. The van der Waals surface area contributed by atoms with E-state index in [1.165, 1.54) is 6.07 Å². The minimum Gasteiger partial charge on any atom is -0.346 e. The predicted octanol–water partition coefficient (Wildman–Crippen LogP) is 2.48. The zero-order valence-corrected chi connectivity index (χ0v) is 10.4. The highest BCUT2D eigenvalue weighted by molar-refractivity contribution is 5.84. The third-order valence-corrected chi connectivity index (χ3v) is 2.26. The molecule has 0 radical (unpaired) electrons. The van der Waals surface area contributed by atoms with Crippen LogP contribution in [0.3, 0.4) is 0 Å². The van der Waals surface area contributed by atoms with Gasteiger partial charge >= 0.3 is 0 Å². The van der Waals surface area contributed by atoms with Crippen molar-refractivity contribution in [2.45, 2.75) is 26.6 Å². The lowest BCUT2D eigenvalue weighted by Gasteiger charge is -2.15. The van der Waals surface area contributed by atoms with Crippen LogP contribution in [0.25, 0.3) is 0 Å². The number of halogens is 2. The third kappa shape index (κ3) is 4.16. The zero-order valence-electron chi connectivity index (χ0n) is 10.4. The van der Waals surface area contributed by atoms with Crippen LogP contribution in [-0.2, 0) is 20.7 Å². The van der Waals surface area contributed by atoms with E-state index in [1.54, 1.807) is 13.8 Å². The minimum absolute atomic E-state index is 0.0537. The van der Waals surface area contributed by atoms with Crippen LogP contribution >= 0.6 is 0 Å². The van der Waals surface area contributed by atoms with Crippen molar-refractivity contribution in [3.63, 3.8) is 0 Å². The van der Waals surface area contributed by atoms with Crippen molar-refractivity contribution in [3.05, 3.63) is 35.4 Å². The zero-order chi connectivity index (χ0) is 13.5. The Bertz CT molecular complexity index is 401. The van der Waals surface area contributed by atoms with E-state index in [2.05, 4.69) is 0 Å². The number of Topliss-reactive ketones (excluding diaryl/α,β-unsaturated/α-hetero) is 1. The fraction of sp³-hybridized carbons (Fsp3) is 0.462. The maximum Gasteiger partial charge on any atom is 0.218 e. The van der Waals surface area contributed by atoms with Gasteiger partial charge in [-0.15, -0.1) is 0 Å². The highest BCUT2D eigenvalue weighted by Gasteiger charge is 2.19. The summed E-state index contributed by atoms with van der Waals surface area (Å²) in [5.41, 5.74) is 0.392. The summed E-state index contributed by atoms with van der Waals surface area (Å²) in [7, 11) is 0. The molecule has 0 fully saturated rings. The van der Waals surface area contributed by atoms with E-state index in [9.17, 15) is 13.6 Å². The lowest BCUT2D eigenvalue weighted by atomic mass is 10.1. The summed E-state index contributed by atoms with van der Waals surface area (Å²) in [6, 6.07) is 3.36. The molecule has 0 aromatic heterocycles. The van der Waals surface area contributed by atoms with Gasteiger partial charge in [-0.25, -0.2) is 8.78 Å². The molecule has 0 bridgehead atoms. The fourth-order valence-corrected chi connectivity index (χ4v) is 1.47. The first-order valence-electron chi connectivity index (χ1n) is 5.78. The highest BCUT2D eigenvalue weighted by Crippen LogP contribution is 2.11. The topological polar surface area (TPSA) is 35.5 Å². The number of carbonyl (C=O) groups excluding carboxylic acids is 1. The average molecular weight is 258 g/mol. The fourth-order valence-electron chi connectivity index (χ4n) is 1.47. The first kappa shape index (κ1) is 14.7. The van der Waals surface area contributed by atoms with Gasteiger partial charge in [0.15, 0.2) is 17.4 Å². The second-order valence-corrected chi connectivity index (χ2v) is 3.63. The van der Waals surface area contributed by atoms with Crippen molar-refractivity contribution in [1.29, 1.82) is 0 Å². The van der Waals surface area contributed by atoms with E-state index < -0.39 is 17.9 Å². The van der Waals surface area contributed by atoms with Gasteiger partial charge in [-0.2, -0.15) is 0 Å². The summed E-state index contributed by atoms with van der Waals surface area (Å²) in [6.45, 7) is 4.18. The van der Waals surface area contributed by atoms with Gasteiger partial charge in [0.25, 0.3) is 0 Å². The van der Waals surface area contributed by atoms with Crippen molar-refractivity contribution >= 4 is 5.78 Å². The molecule has 0 saturated carbocycles. The molecule has 0 atom stereocenters. The number of ketones is 1. The molecule has 18 heavy (non-hydrogen) atoms. The molecular weight excluding hydrogens is 242 g/mol. The molecule has 3 nitrogen and oxygen atoms in total. The van der Waals surface area contributed by atoms with E-state index in [-0.39, 0.29) is 12.2 Å².